The maximum atomic E-state index is 6.88. The summed E-state index contributed by atoms with van der Waals surface area (Å²) in [7, 11) is 2.12. The Labute approximate surface area is 233 Å². The highest BCUT2D eigenvalue weighted by Crippen LogP contribution is 2.59. The van der Waals surface area contributed by atoms with Crippen molar-refractivity contribution in [3.05, 3.63) is 89.1 Å². The van der Waals surface area contributed by atoms with Crippen LogP contribution in [-0.2, 0) is 12.5 Å². The summed E-state index contributed by atoms with van der Waals surface area (Å²) in [5.41, 5.74) is 12.8. The Hall–Kier alpha value is -3.39. The smallest absolute Gasteiger partial charge is 0.216 e. The summed E-state index contributed by atoms with van der Waals surface area (Å²) in [5, 5.41) is 2.40. The van der Waals surface area contributed by atoms with Gasteiger partial charge in [-0.15, -0.1) is 0 Å². The molecule has 0 aliphatic heterocycles. The van der Waals surface area contributed by atoms with Crippen molar-refractivity contribution in [3.8, 4) is 22.4 Å². The fraction of sp³-hybridized carbons (Fsp3) is 0.378. The van der Waals surface area contributed by atoms with Crippen LogP contribution in [0.25, 0.3) is 44.3 Å². The molecule has 1 aliphatic carbocycles. The van der Waals surface area contributed by atoms with E-state index in [-0.39, 0.29) is 16.2 Å². The largest absolute Gasteiger partial charge is 0.455 e. The highest BCUT2D eigenvalue weighted by atomic mass is 16.3. The molecule has 0 spiro atoms. The molecule has 0 N–H and O–H groups in total. The summed E-state index contributed by atoms with van der Waals surface area (Å²) in [6.07, 6.45) is 4.33. The second kappa shape index (κ2) is 8.55. The molecule has 0 saturated heterocycles. The zero-order valence-corrected chi connectivity index (χ0v) is 25.1. The first-order valence-corrected chi connectivity index (χ1v) is 14.3. The lowest BCUT2D eigenvalue weighted by atomic mass is 9.62. The summed E-state index contributed by atoms with van der Waals surface area (Å²) in [6.45, 7) is 18.7. The molecule has 5 aromatic rings. The van der Waals surface area contributed by atoms with E-state index in [4.69, 9.17) is 4.42 Å². The number of fused-ring (bicyclic) bond motifs is 6. The van der Waals surface area contributed by atoms with Crippen LogP contribution >= 0.6 is 0 Å². The van der Waals surface area contributed by atoms with E-state index in [1.54, 1.807) is 0 Å². The van der Waals surface area contributed by atoms with E-state index in [1.165, 1.54) is 55.4 Å². The summed E-state index contributed by atoms with van der Waals surface area (Å²) in [5.74, 6) is 0. The molecule has 2 aromatic heterocycles. The zero-order valence-electron chi connectivity index (χ0n) is 25.1. The second-order valence-electron chi connectivity index (χ2n) is 14.4. The predicted octanol–water partition coefficient (Wildman–Crippen LogP) is 9.83. The van der Waals surface area contributed by atoms with E-state index in [0.29, 0.717) is 0 Å². The Bertz CT molecular complexity index is 1740. The summed E-state index contributed by atoms with van der Waals surface area (Å²) < 4.78 is 9.08. The average Bonchev–Trinajstić information content (AvgIpc) is 3.31. The van der Waals surface area contributed by atoms with E-state index in [9.17, 15) is 0 Å². The highest BCUT2D eigenvalue weighted by molar-refractivity contribution is 6.11. The first kappa shape index (κ1) is 25.9. The van der Waals surface area contributed by atoms with Gasteiger partial charge in [-0.1, -0.05) is 77.9 Å². The van der Waals surface area contributed by atoms with E-state index < -0.39 is 0 Å². The van der Waals surface area contributed by atoms with Gasteiger partial charge in [0.05, 0.1) is 5.56 Å². The molecule has 0 fully saturated rings. The molecular weight excluding hydrogens is 474 g/mol. The molecule has 1 aliphatic rings. The topological polar surface area (TPSA) is 17.0 Å². The van der Waals surface area contributed by atoms with E-state index >= 15 is 0 Å². The first-order valence-electron chi connectivity index (χ1n) is 14.3. The Balaban J connectivity index is 1.69. The van der Waals surface area contributed by atoms with Crippen LogP contribution in [0.15, 0.2) is 71.3 Å². The predicted molar refractivity (Wildman–Crippen MR) is 164 cm³/mol. The number of hydrogen-bond acceptors (Lipinski definition) is 1. The van der Waals surface area contributed by atoms with E-state index in [1.807, 2.05) is 0 Å². The van der Waals surface area contributed by atoms with Crippen LogP contribution in [0.1, 0.15) is 76.6 Å². The van der Waals surface area contributed by atoms with Gasteiger partial charge in [0, 0.05) is 28.3 Å². The van der Waals surface area contributed by atoms with Gasteiger partial charge in [-0.2, -0.15) is 0 Å². The van der Waals surface area contributed by atoms with Gasteiger partial charge in [0.15, 0.2) is 6.20 Å². The van der Waals surface area contributed by atoms with E-state index in [2.05, 4.69) is 134 Å². The third-order valence-electron chi connectivity index (χ3n) is 8.46. The standard InChI is InChI=1S/C37H42NO/c1-23-16-17-38(9)31(18-23)33-24(2)14-15-26-28-19-27-25-12-10-11-13-29(25)37(21-35(3,4)5,22-36(6,7)8)30(27)20-32(28)39-34(26)33/h10-20H,21-22H2,1-9H3/q+1. The molecule has 0 saturated carbocycles. The molecule has 0 amide bonds. The van der Waals surface area contributed by atoms with Crippen molar-refractivity contribution < 1.29 is 8.98 Å². The van der Waals surface area contributed by atoms with Crippen molar-refractivity contribution in [3.63, 3.8) is 0 Å². The number of hydrogen-bond donors (Lipinski definition) is 0. The van der Waals surface area contributed by atoms with Gasteiger partial charge in [-0.25, -0.2) is 4.57 Å². The lowest BCUT2D eigenvalue weighted by molar-refractivity contribution is -0.660. The van der Waals surface area contributed by atoms with Gasteiger partial charge in [0.25, 0.3) is 0 Å². The number of aromatic nitrogens is 1. The second-order valence-corrected chi connectivity index (χ2v) is 14.4. The summed E-state index contributed by atoms with van der Waals surface area (Å²) >= 11 is 0. The van der Waals surface area contributed by atoms with Crippen LogP contribution < -0.4 is 4.57 Å². The van der Waals surface area contributed by atoms with Crippen LogP contribution in [0.2, 0.25) is 0 Å². The minimum atomic E-state index is -0.0582. The molecule has 2 nitrogen and oxygen atoms in total. The molecule has 3 aromatic carbocycles. The Morgan fingerprint density at radius 1 is 0.744 bits per heavy atom. The quantitative estimate of drug-likeness (QED) is 0.218. The lowest BCUT2D eigenvalue weighted by Gasteiger charge is -2.42. The molecule has 39 heavy (non-hydrogen) atoms. The van der Waals surface area contributed by atoms with Gasteiger partial charge in [-0.05, 0) is 83.0 Å². The van der Waals surface area contributed by atoms with Gasteiger partial charge in [0.1, 0.15) is 18.2 Å². The Kier molecular flexibility index (Phi) is 5.67. The minimum absolute atomic E-state index is 0.0582. The lowest BCUT2D eigenvalue weighted by Crippen LogP contribution is -2.35. The van der Waals surface area contributed by atoms with Crippen molar-refractivity contribution in [2.45, 2.75) is 73.6 Å². The number of furan rings is 1. The normalized spacial score (nSPS) is 14.7. The molecule has 0 atom stereocenters. The molecule has 0 radical (unpaired) electrons. The fourth-order valence-electron chi connectivity index (χ4n) is 7.38. The Morgan fingerprint density at radius 3 is 2.13 bits per heavy atom. The van der Waals surface area contributed by atoms with Crippen molar-refractivity contribution in [1.29, 1.82) is 0 Å². The maximum Gasteiger partial charge on any atom is 0.216 e. The molecule has 2 heteroatoms. The molecule has 6 rings (SSSR count). The van der Waals surface area contributed by atoms with Crippen LogP contribution in [0.3, 0.4) is 0 Å². The molecule has 2 heterocycles. The third kappa shape index (κ3) is 4.20. The van der Waals surface area contributed by atoms with Gasteiger partial charge < -0.3 is 4.42 Å². The SMILES string of the molecule is Cc1cc[n+](C)c(-c2c(C)ccc3c2oc2cc4c(cc23)-c2ccccc2C4(CC(C)(C)C)CC(C)(C)C)c1. The fourth-order valence-corrected chi connectivity index (χ4v) is 7.38. The monoisotopic (exact) mass is 516 g/mol. The number of pyridine rings is 1. The number of nitrogens with zero attached hydrogens (tertiary/aromatic N) is 1. The van der Waals surface area contributed by atoms with Crippen LogP contribution in [-0.4, -0.2) is 0 Å². The molecule has 200 valence electrons. The average molecular weight is 517 g/mol. The van der Waals surface area contributed by atoms with Gasteiger partial charge >= 0.3 is 0 Å². The van der Waals surface area contributed by atoms with Gasteiger partial charge in [-0.3, -0.25) is 0 Å². The van der Waals surface area contributed by atoms with Crippen molar-refractivity contribution in [1.82, 2.24) is 0 Å². The number of benzene rings is 3. The zero-order chi connectivity index (χ0) is 27.9. The summed E-state index contributed by atoms with van der Waals surface area (Å²) in [4.78, 5) is 0. The van der Waals surface area contributed by atoms with Crippen LogP contribution in [0, 0.1) is 24.7 Å². The van der Waals surface area contributed by atoms with Crippen molar-refractivity contribution >= 4 is 21.9 Å². The number of rotatable bonds is 3. The highest BCUT2D eigenvalue weighted by Gasteiger charge is 2.47. The number of aryl methyl sites for hydroxylation is 3. The maximum absolute atomic E-state index is 6.88. The molecule has 0 unspecified atom stereocenters. The molecule has 0 bridgehead atoms. The van der Waals surface area contributed by atoms with Crippen molar-refractivity contribution in [2.75, 3.05) is 0 Å². The van der Waals surface area contributed by atoms with Crippen LogP contribution in [0.5, 0.6) is 0 Å². The van der Waals surface area contributed by atoms with E-state index in [0.717, 1.165) is 24.0 Å². The van der Waals surface area contributed by atoms with Crippen molar-refractivity contribution in [2.24, 2.45) is 17.9 Å². The first-order chi connectivity index (χ1) is 18.3. The van der Waals surface area contributed by atoms with Crippen LogP contribution in [0.4, 0.5) is 0 Å². The Morgan fingerprint density at radius 2 is 1.44 bits per heavy atom. The molecular formula is C37H42NO+. The third-order valence-corrected chi connectivity index (χ3v) is 8.46. The summed E-state index contributed by atoms with van der Waals surface area (Å²) in [6, 6.07) is 22.9. The minimum Gasteiger partial charge on any atom is -0.455 e. The van der Waals surface area contributed by atoms with Gasteiger partial charge in [0.2, 0.25) is 5.69 Å².